The molecule has 1 fully saturated rings. The highest BCUT2D eigenvalue weighted by Crippen LogP contribution is 2.33. The number of imide groups is 1. The summed E-state index contributed by atoms with van der Waals surface area (Å²) < 4.78 is 13.9. The van der Waals surface area contributed by atoms with Gasteiger partial charge < -0.3 is 0 Å². The highest BCUT2D eigenvalue weighted by atomic mass is 32.2. The molecule has 3 rings (SSSR count). The number of benzene rings is 2. The van der Waals surface area contributed by atoms with Gasteiger partial charge in [-0.2, -0.15) is 0 Å². The molecule has 0 radical (unpaired) electrons. The summed E-state index contributed by atoms with van der Waals surface area (Å²) in [6.45, 7) is 0. The normalized spacial score (nSPS) is 16.2. The van der Waals surface area contributed by atoms with Gasteiger partial charge in [-0.25, -0.2) is 9.29 Å². The monoisotopic (exact) mass is 343 g/mol. The molecular weight excluding hydrogens is 333 g/mol. The van der Waals surface area contributed by atoms with Crippen LogP contribution in [0.4, 0.5) is 4.39 Å². The summed E-state index contributed by atoms with van der Waals surface area (Å²) >= 11 is 6.12. The van der Waals surface area contributed by atoms with E-state index in [0.717, 1.165) is 16.7 Å². The van der Waals surface area contributed by atoms with Crippen molar-refractivity contribution in [2.75, 3.05) is 0 Å². The molecule has 1 heterocycles. The minimum Gasteiger partial charge on any atom is -0.268 e. The van der Waals surface area contributed by atoms with E-state index in [1.807, 2.05) is 0 Å². The lowest BCUT2D eigenvalue weighted by atomic mass is 10.2. The van der Waals surface area contributed by atoms with Gasteiger partial charge in [0.1, 0.15) is 5.82 Å². The molecule has 0 aromatic heterocycles. The SMILES string of the molecule is O=C1/C(=C\c2ccccc2F)SC(=S)N1C(=O)c1ccccc1. The Morgan fingerprint density at radius 1 is 1.09 bits per heavy atom. The van der Waals surface area contributed by atoms with Gasteiger partial charge >= 0.3 is 0 Å². The van der Waals surface area contributed by atoms with Crippen molar-refractivity contribution >= 4 is 46.2 Å². The molecule has 114 valence electrons. The van der Waals surface area contributed by atoms with Gasteiger partial charge in [-0.15, -0.1) is 0 Å². The number of thioether (sulfide) groups is 1. The Balaban J connectivity index is 1.92. The topological polar surface area (TPSA) is 37.4 Å². The third-order valence-corrected chi connectivity index (χ3v) is 4.51. The van der Waals surface area contributed by atoms with Gasteiger partial charge in [0.15, 0.2) is 4.32 Å². The Bertz CT molecular complexity index is 833. The molecule has 23 heavy (non-hydrogen) atoms. The average molecular weight is 343 g/mol. The number of rotatable bonds is 2. The van der Waals surface area contributed by atoms with Gasteiger partial charge in [0, 0.05) is 11.1 Å². The van der Waals surface area contributed by atoms with Crippen LogP contribution in [0.25, 0.3) is 6.08 Å². The minimum atomic E-state index is -0.530. The second kappa shape index (κ2) is 6.44. The van der Waals surface area contributed by atoms with Crippen LogP contribution in [-0.4, -0.2) is 21.0 Å². The third kappa shape index (κ3) is 3.09. The summed E-state index contributed by atoms with van der Waals surface area (Å²) in [5, 5.41) is 0. The molecular formula is C17H10FNO2S2. The number of thiocarbonyl (C=S) groups is 1. The molecule has 0 spiro atoms. The summed E-state index contributed by atoms with van der Waals surface area (Å²) in [6, 6.07) is 14.5. The molecule has 2 aromatic carbocycles. The number of hydrogen-bond donors (Lipinski definition) is 0. The molecule has 0 atom stereocenters. The molecule has 2 aromatic rings. The van der Waals surface area contributed by atoms with E-state index < -0.39 is 17.6 Å². The molecule has 0 N–H and O–H groups in total. The first-order valence-electron chi connectivity index (χ1n) is 6.70. The third-order valence-electron chi connectivity index (χ3n) is 3.21. The van der Waals surface area contributed by atoms with E-state index in [1.54, 1.807) is 48.5 Å². The van der Waals surface area contributed by atoms with Gasteiger partial charge in [0.05, 0.1) is 4.91 Å². The molecule has 0 saturated carbocycles. The van der Waals surface area contributed by atoms with Crippen LogP contribution < -0.4 is 0 Å². The maximum Gasteiger partial charge on any atom is 0.273 e. The summed E-state index contributed by atoms with van der Waals surface area (Å²) in [5.41, 5.74) is 0.649. The highest BCUT2D eigenvalue weighted by molar-refractivity contribution is 8.26. The van der Waals surface area contributed by atoms with Crippen molar-refractivity contribution in [3.8, 4) is 0 Å². The van der Waals surface area contributed by atoms with Crippen molar-refractivity contribution in [3.05, 3.63) is 76.4 Å². The van der Waals surface area contributed by atoms with E-state index in [1.165, 1.54) is 12.1 Å². The Morgan fingerprint density at radius 2 is 1.74 bits per heavy atom. The maximum atomic E-state index is 13.7. The first kappa shape index (κ1) is 15.6. The van der Waals surface area contributed by atoms with Crippen molar-refractivity contribution in [1.29, 1.82) is 0 Å². The second-order valence-electron chi connectivity index (χ2n) is 4.71. The van der Waals surface area contributed by atoms with Gasteiger partial charge in [0.25, 0.3) is 11.8 Å². The lowest BCUT2D eigenvalue weighted by Crippen LogP contribution is -2.34. The molecule has 0 bridgehead atoms. The predicted octanol–water partition coefficient (Wildman–Crippen LogP) is 3.87. The lowest BCUT2D eigenvalue weighted by Gasteiger charge is -2.12. The summed E-state index contributed by atoms with van der Waals surface area (Å²) in [5.74, 6) is -1.45. The molecule has 0 aliphatic carbocycles. The smallest absolute Gasteiger partial charge is 0.268 e. The Hall–Kier alpha value is -2.31. The lowest BCUT2D eigenvalue weighted by molar-refractivity contribution is -0.120. The van der Waals surface area contributed by atoms with E-state index in [0.29, 0.717) is 5.56 Å². The van der Waals surface area contributed by atoms with Crippen molar-refractivity contribution < 1.29 is 14.0 Å². The number of carbonyl (C=O) groups excluding carboxylic acids is 2. The quantitative estimate of drug-likeness (QED) is 0.471. The van der Waals surface area contributed by atoms with Crippen LogP contribution in [-0.2, 0) is 4.79 Å². The molecule has 3 nitrogen and oxygen atoms in total. The standard InChI is InChI=1S/C17H10FNO2S2/c18-13-9-5-4-8-12(13)10-14-16(21)19(17(22)23-14)15(20)11-6-2-1-3-7-11/h1-10H/b14-10+. The number of halogens is 1. The van der Waals surface area contributed by atoms with E-state index >= 15 is 0 Å². The molecule has 6 heteroatoms. The van der Waals surface area contributed by atoms with Gasteiger partial charge in [0.2, 0.25) is 0 Å². The summed E-state index contributed by atoms with van der Waals surface area (Å²) in [6.07, 6.45) is 1.41. The van der Waals surface area contributed by atoms with Crippen LogP contribution in [0, 0.1) is 5.82 Å². The van der Waals surface area contributed by atoms with Gasteiger partial charge in [-0.1, -0.05) is 60.4 Å². The van der Waals surface area contributed by atoms with Crippen LogP contribution in [0.1, 0.15) is 15.9 Å². The van der Waals surface area contributed by atoms with Crippen molar-refractivity contribution in [2.45, 2.75) is 0 Å². The summed E-state index contributed by atoms with van der Waals surface area (Å²) in [7, 11) is 0. The second-order valence-corrected chi connectivity index (χ2v) is 6.39. The number of carbonyl (C=O) groups is 2. The fourth-order valence-electron chi connectivity index (χ4n) is 2.09. The maximum absolute atomic E-state index is 13.7. The Morgan fingerprint density at radius 3 is 2.43 bits per heavy atom. The minimum absolute atomic E-state index is 0.145. The van der Waals surface area contributed by atoms with Gasteiger partial charge in [-0.3, -0.25) is 9.59 Å². The van der Waals surface area contributed by atoms with E-state index in [9.17, 15) is 14.0 Å². The molecule has 1 saturated heterocycles. The predicted molar refractivity (Wildman–Crippen MR) is 92.2 cm³/mol. The van der Waals surface area contributed by atoms with E-state index in [-0.39, 0.29) is 14.8 Å². The van der Waals surface area contributed by atoms with Crippen LogP contribution in [0.5, 0.6) is 0 Å². The Labute approximate surface area is 141 Å². The highest BCUT2D eigenvalue weighted by Gasteiger charge is 2.37. The van der Waals surface area contributed by atoms with E-state index in [2.05, 4.69) is 0 Å². The van der Waals surface area contributed by atoms with Crippen LogP contribution in [0.2, 0.25) is 0 Å². The van der Waals surface area contributed by atoms with Gasteiger partial charge in [-0.05, 0) is 24.3 Å². The molecule has 0 unspecified atom stereocenters. The number of hydrogen-bond acceptors (Lipinski definition) is 4. The van der Waals surface area contributed by atoms with Crippen LogP contribution in [0.15, 0.2) is 59.5 Å². The zero-order chi connectivity index (χ0) is 16.4. The number of nitrogens with zero attached hydrogens (tertiary/aromatic N) is 1. The fraction of sp³-hybridized carbons (Fsp3) is 0. The molecule has 1 aliphatic heterocycles. The largest absolute Gasteiger partial charge is 0.273 e. The number of amides is 2. The van der Waals surface area contributed by atoms with Crippen LogP contribution in [0.3, 0.4) is 0 Å². The molecule has 1 aliphatic rings. The zero-order valence-electron chi connectivity index (χ0n) is 11.7. The first-order chi connectivity index (χ1) is 11.1. The summed E-state index contributed by atoms with van der Waals surface area (Å²) in [4.78, 5) is 26.1. The fourth-order valence-corrected chi connectivity index (χ4v) is 3.33. The van der Waals surface area contributed by atoms with Crippen LogP contribution >= 0.6 is 24.0 Å². The van der Waals surface area contributed by atoms with Crippen molar-refractivity contribution in [3.63, 3.8) is 0 Å². The first-order valence-corrected chi connectivity index (χ1v) is 7.92. The molecule has 2 amide bonds. The van der Waals surface area contributed by atoms with E-state index in [4.69, 9.17) is 12.2 Å². The Kier molecular flexibility index (Phi) is 4.36. The average Bonchev–Trinajstić information content (AvgIpc) is 2.84. The zero-order valence-corrected chi connectivity index (χ0v) is 13.4. The van der Waals surface area contributed by atoms with Crippen molar-refractivity contribution in [2.24, 2.45) is 0 Å². The van der Waals surface area contributed by atoms with Crippen molar-refractivity contribution in [1.82, 2.24) is 4.90 Å².